The Morgan fingerprint density at radius 2 is 1.18 bits per heavy atom. The van der Waals surface area contributed by atoms with E-state index in [9.17, 15) is 0 Å². The maximum atomic E-state index is 4.68. The molecule has 1 heterocycles. The first kappa shape index (κ1) is 28.9. The third-order valence-electron chi connectivity index (χ3n) is 7.97. The van der Waals surface area contributed by atoms with Crippen LogP contribution in [-0.2, 0) is 5.41 Å². The molecule has 3 aromatic carbocycles. The minimum absolute atomic E-state index is 0.0437. The minimum atomic E-state index is 0.0437. The predicted octanol–water partition coefficient (Wildman–Crippen LogP) is 11.8. The van der Waals surface area contributed by atoms with Crippen LogP contribution in [0.4, 0.5) is 0 Å². The van der Waals surface area contributed by atoms with Gasteiger partial charge in [-0.1, -0.05) is 111 Å². The monoisotopic (exact) mass is 780 g/mol. The van der Waals surface area contributed by atoms with Crippen LogP contribution in [0.1, 0.15) is 75.3 Å². The third kappa shape index (κ3) is 5.88. The summed E-state index contributed by atoms with van der Waals surface area (Å²) in [6, 6.07) is 18.4. The van der Waals surface area contributed by atoms with Crippen LogP contribution in [0.25, 0.3) is 33.3 Å². The number of rotatable bonds is 13. The molecule has 7 heteroatoms. The zero-order valence-electron chi connectivity index (χ0n) is 21.4. The fraction of sp³-hybridized carbons (Fsp3) is 0.419. The Morgan fingerprint density at radius 3 is 1.87 bits per heavy atom. The van der Waals surface area contributed by atoms with Crippen molar-refractivity contribution in [1.29, 1.82) is 0 Å². The molecule has 0 saturated heterocycles. The van der Waals surface area contributed by atoms with Crippen molar-refractivity contribution in [2.45, 2.75) is 69.6 Å². The Balaban J connectivity index is 1.59. The van der Waals surface area contributed by atoms with E-state index in [1.54, 1.807) is 0 Å². The van der Waals surface area contributed by atoms with Crippen LogP contribution < -0.4 is 0 Å². The van der Waals surface area contributed by atoms with E-state index in [0.717, 1.165) is 26.2 Å². The summed E-state index contributed by atoms with van der Waals surface area (Å²) >= 11 is 16.0. The molecule has 2 nitrogen and oxygen atoms in total. The maximum Gasteiger partial charge on any atom is 0.119 e. The van der Waals surface area contributed by atoms with Crippen molar-refractivity contribution < 1.29 is 0 Å². The van der Waals surface area contributed by atoms with E-state index >= 15 is 0 Å². The fourth-order valence-electron chi connectivity index (χ4n) is 6.12. The number of aromatic nitrogens is 2. The molecule has 5 rings (SSSR count). The molecular weight excluding hydrogens is 752 g/mol. The molecule has 0 atom stereocenters. The molecule has 38 heavy (non-hydrogen) atoms. The number of alkyl halides is 2. The van der Waals surface area contributed by atoms with Crippen molar-refractivity contribution >= 4 is 86.5 Å². The number of halogens is 4. The summed E-state index contributed by atoms with van der Waals surface area (Å²) in [4.78, 5) is 0. The molecular formula is C31H32Br4N2S. The molecule has 0 N–H and O–H groups in total. The standard InChI is InChI=1S/C31H32Br4N2S/c32-17-7-3-1-5-15-31(16-6-2-4-8-18-33)26-19-21(23-13-14-28(35)30-29(23)36-38-37-30)9-11-24(26)25-12-10-22(34)20-27(25)31/h9-14,19-20H,1-8,15-18H2. The van der Waals surface area contributed by atoms with E-state index in [1.165, 1.54) is 114 Å². The van der Waals surface area contributed by atoms with Gasteiger partial charge in [0.1, 0.15) is 11.0 Å². The smallest absolute Gasteiger partial charge is 0.119 e. The summed E-state index contributed by atoms with van der Waals surface area (Å²) in [5, 5.41) is 2.20. The van der Waals surface area contributed by atoms with Crippen LogP contribution in [0.3, 0.4) is 0 Å². The first-order chi connectivity index (χ1) is 18.6. The first-order valence-corrected chi connectivity index (χ1v) is 18.1. The molecule has 0 fully saturated rings. The van der Waals surface area contributed by atoms with Crippen molar-refractivity contribution in [2.24, 2.45) is 0 Å². The van der Waals surface area contributed by atoms with Crippen LogP contribution in [-0.4, -0.2) is 19.4 Å². The molecule has 0 spiro atoms. The van der Waals surface area contributed by atoms with Gasteiger partial charge in [0.25, 0.3) is 0 Å². The second-order valence-corrected chi connectivity index (χ2v) is 14.2. The highest BCUT2D eigenvalue weighted by atomic mass is 79.9. The number of benzene rings is 3. The van der Waals surface area contributed by atoms with Crippen molar-refractivity contribution in [1.82, 2.24) is 8.75 Å². The second kappa shape index (κ2) is 13.4. The van der Waals surface area contributed by atoms with Gasteiger partial charge in [-0.05, 0) is 93.7 Å². The van der Waals surface area contributed by atoms with Crippen molar-refractivity contribution in [2.75, 3.05) is 10.7 Å². The van der Waals surface area contributed by atoms with Crippen LogP contribution in [0.15, 0.2) is 57.5 Å². The molecule has 0 amide bonds. The van der Waals surface area contributed by atoms with Gasteiger partial charge in [-0.2, -0.15) is 8.75 Å². The van der Waals surface area contributed by atoms with Gasteiger partial charge < -0.3 is 0 Å². The topological polar surface area (TPSA) is 25.8 Å². The number of unbranched alkanes of at least 4 members (excludes halogenated alkanes) is 6. The number of hydrogen-bond donors (Lipinski definition) is 0. The fourth-order valence-corrected chi connectivity index (χ4v) is 8.37. The summed E-state index contributed by atoms with van der Waals surface area (Å²) in [5.41, 5.74) is 10.2. The van der Waals surface area contributed by atoms with E-state index in [0.29, 0.717) is 0 Å². The molecule has 1 aliphatic rings. The van der Waals surface area contributed by atoms with Crippen LogP contribution >= 0.6 is 75.4 Å². The van der Waals surface area contributed by atoms with Gasteiger partial charge >= 0.3 is 0 Å². The summed E-state index contributed by atoms with van der Waals surface area (Å²) in [7, 11) is 0. The van der Waals surface area contributed by atoms with Gasteiger partial charge in [-0.15, -0.1) is 0 Å². The lowest BCUT2D eigenvalue weighted by atomic mass is 9.70. The number of fused-ring (bicyclic) bond motifs is 4. The maximum absolute atomic E-state index is 4.68. The van der Waals surface area contributed by atoms with Crippen LogP contribution in [0.2, 0.25) is 0 Å². The quantitative estimate of drug-likeness (QED) is 0.0997. The van der Waals surface area contributed by atoms with E-state index in [2.05, 4.69) is 121 Å². The lowest BCUT2D eigenvalue weighted by Gasteiger charge is -2.33. The zero-order chi connectivity index (χ0) is 26.5. The van der Waals surface area contributed by atoms with Gasteiger partial charge in [0.05, 0.1) is 11.7 Å². The van der Waals surface area contributed by atoms with E-state index in [-0.39, 0.29) is 5.41 Å². The Hall–Kier alpha value is -0.600. The molecule has 1 aliphatic carbocycles. The molecule has 0 radical (unpaired) electrons. The second-order valence-electron chi connectivity index (χ2n) is 10.3. The Kier molecular flexibility index (Phi) is 10.2. The summed E-state index contributed by atoms with van der Waals surface area (Å²) in [6.07, 6.45) is 12.6. The van der Waals surface area contributed by atoms with Gasteiger partial charge in [0, 0.05) is 30.6 Å². The summed E-state index contributed by atoms with van der Waals surface area (Å²) in [5.74, 6) is 0. The Labute approximate surface area is 264 Å². The first-order valence-electron chi connectivity index (χ1n) is 13.6. The summed E-state index contributed by atoms with van der Waals surface area (Å²) in [6.45, 7) is 0. The summed E-state index contributed by atoms with van der Waals surface area (Å²) < 4.78 is 11.4. The van der Waals surface area contributed by atoms with Gasteiger partial charge in [0.15, 0.2) is 0 Å². The van der Waals surface area contributed by atoms with Crippen molar-refractivity contribution in [3.05, 3.63) is 68.6 Å². The van der Waals surface area contributed by atoms with Gasteiger partial charge in [-0.3, -0.25) is 0 Å². The highest BCUT2D eigenvalue weighted by Crippen LogP contribution is 2.55. The predicted molar refractivity (Wildman–Crippen MR) is 178 cm³/mol. The normalized spacial score (nSPS) is 13.7. The average molecular weight is 784 g/mol. The van der Waals surface area contributed by atoms with Gasteiger partial charge in [-0.25, -0.2) is 0 Å². The van der Waals surface area contributed by atoms with E-state index < -0.39 is 0 Å². The number of nitrogens with zero attached hydrogens (tertiary/aromatic N) is 2. The molecule has 0 saturated carbocycles. The zero-order valence-corrected chi connectivity index (χ0v) is 28.6. The molecule has 0 aliphatic heterocycles. The van der Waals surface area contributed by atoms with Crippen LogP contribution in [0.5, 0.6) is 0 Å². The lowest BCUT2D eigenvalue weighted by molar-refractivity contribution is 0.401. The third-order valence-corrected chi connectivity index (χ3v) is 10.8. The Bertz CT molecular complexity index is 1390. The minimum Gasteiger partial charge on any atom is -0.172 e. The van der Waals surface area contributed by atoms with Crippen LogP contribution in [0, 0.1) is 0 Å². The molecule has 0 bridgehead atoms. The van der Waals surface area contributed by atoms with Crippen molar-refractivity contribution in [3.63, 3.8) is 0 Å². The average Bonchev–Trinajstić information content (AvgIpc) is 3.51. The SMILES string of the molecule is BrCCCCCCC1(CCCCCCBr)c2cc(Br)ccc2-c2ccc(-c3ccc(Br)c4nsnc34)cc21. The van der Waals surface area contributed by atoms with Gasteiger partial charge in [0.2, 0.25) is 0 Å². The highest BCUT2D eigenvalue weighted by Gasteiger charge is 2.42. The molecule has 4 aromatic rings. The van der Waals surface area contributed by atoms with E-state index in [4.69, 9.17) is 0 Å². The van der Waals surface area contributed by atoms with E-state index in [1.807, 2.05) is 0 Å². The molecule has 200 valence electrons. The molecule has 0 unspecified atom stereocenters. The molecule has 1 aromatic heterocycles. The largest absolute Gasteiger partial charge is 0.172 e. The Morgan fingerprint density at radius 1 is 0.605 bits per heavy atom. The van der Waals surface area contributed by atoms with Crippen molar-refractivity contribution in [3.8, 4) is 22.3 Å². The lowest BCUT2D eigenvalue weighted by Crippen LogP contribution is -2.25. The highest BCUT2D eigenvalue weighted by molar-refractivity contribution is 9.11. The number of hydrogen-bond acceptors (Lipinski definition) is 3.